The van der Waals surface area contributed by atoms with Crippen molar-refractivity contribution in [2.24, 2.45) is 9.98 Å². The van der Waals surface area contributed by atoms with Crippen LogP contribution in [0.4, 0.5) is 11.4 Å². The van der Waals surface area contributed by atoms with Crippen LogP contribution in [-0.2, 0) is 22.4 Å². The van der Waals surface area contributed by atoms with Crippen molar-refractivity contribution < 1.29 is 9.53 Å². The molecule has 4 rings (SSSR count). The zero-order valence-corrected chi connectivity index (χ0v) is 22.8. The van der Waals surface area contributed by atoms with Crippen LogP contribution in [0.5, 0.6) is 0 Å². The lowest BCUT2D eigenvalue weighted by Crippen LogP contribution is -2.23. The molecule has 4 nitrogen and oxygen atoms in total. The van der Waals surface area contributed by atoms with E-state index in [1.807, 2.05) is 61.0 Å². The number of rotatable bonds is 10. The van der Waals surface area contributed by atoms with Crippen LogP contribution >= 0.6 is 0 Å². The molecule has 0 spiro atoms. The fourth-order valence-electron chi connectivity index (χ4n) is 3.97. The summed E-state index contributed by atoms with van der Waals surface area (Å²) in [6, 6.07) is 32.6. The molecule has 0 aliphatic rings. The zero-order chi connectivity index (χ0) is 27.6. The van der Waals surface area contributed by atoms with Crippen molar-refractivity contribution in [2.45, 2.75) is 39.7 Å². The average molecular weight is 515 g/mol. The third-order valence-corrected chi connectivity index (χ3v) is 6.30. The molecule has 0 aliphatic heterocycles. The van der Waals surface area contributed by atoms with Gasteiger partial charge in [-0.3, -0.25) is 9.98 Å². The predicted octanol–water partition coefficient (Wildman–Crippen LogP) is 8.08. The van der Waals surface area contributed by atoms with Crippen LogP contribution in [0.2, 0.25) is 0 Å². The largest absolute Gasteiger partial charge is 0.458 e. The molecule has 196 valence electrons. The van der Waals surface area contributed by atoms with Gasteiger partial charge in [0.25, 0.3) is 0 Å². The van der Waals surface area contributed by atoms with Crippen molar-refractivity contribution in [1.29, 1.82) is 0 Å². The van der Waals surface area contributed by atoms with Gasteiger partial charge in [-0.1, -0.05) is 90.5 Å². The van der Waals surface area contributed by atoms with Crippen molar-refractivity contribution in [1.82, 2.24) is 0 Å². The van der Waals surface area contributed by atoms with Gasteiger partial charge in [0.05, 0.1) is 11.4 Å². The quantitative estimate of drug-likeness (QED) is 0.122. The zero-order valence-electron chi connectivity index (χ0n) is 22.8. The van der Waals surface area contributed by atoms with E-state index in [0.29, 0.717) is 18.4 Å². The standard InChI is InChI=1S/C35H34N2O2/c1-25(2)35(38)39-34(21-28-9-13-30(14-10-28)23-36-32-17-5-26(3)6-18-32)22-29-11-15-31(16-12-29)24-37-33-19-7-27(4)8-20-33/h5-20,23-24,34H,1,21-22H2,2-4H3. The molecule has 0 atom stereocenters. The molecule has 0 unspecified atom stereocenters. The Hall–Kier alpha value is -4.57. The first-order valence-corrected chi connectivity index (χ1v) is 13.1. The summed E-state index contributed by atoms with van der Waals surface area (Å²) in [5, 5.41) is 0. The maximum absolute atomic E-state index is 12.4. The number of carbonyl (C=O) groups excluding carboxylic acids is 1. The van der Waals surface area contributed by atoms with Crippen LogP contribution in [0, 0.1) is 13.8 Å². The van der Waals surface area contributed by atoms with Crippen LogP contribution in [0.3, 0.4) is 0 Å². The van der Waals surface area contributed by atoms with Gasteiger partial charge in [0.2, 0.25) is 0 Å². The Kier molecular flexibility index (Phi) is 9.36. The molecule has 0 saturated carbocycles. The number of aryl methyl sites for hydroxylation is 2. The molecule has 0 aromatic heterocycles. The van der Waals surface area contributed by atoms with Gasteiger partial charge < -0.3 is 4.74 Å². The van der Waals surface area contributed by atoms with Crippen molar-refractivity contribution >= 4 is 29.8 Å². The van der Waals surface area contributed by atoms with E-state index in [2.05, 4.69) is 78.9 Å². The average Bonchev–Trinajstić information content (AvgIpc) is 2.94. The summed E-state index contributed by atoms with van der Waals surface area (Å²) in [4.78, 5) is 21.5. The number of hydrogen-bond donors (Lipinski definition) is 0. The minimum absolute atomic E-state index is 0.312. The molecular weight excluding hydrogens is 480 g/mol. The first kappa shape index (κ1) is 27.5. The van der Waals surface area contributed by atoms with Crippen molar-refractivity contribution in [2.75, 3.05) is 0 Å². The van der Waals surface area contributed by atoms with E-state index in [9.17, 15) is 4.79 Å². The van der Waals surface area contributed by atoms with E-state index in [4.69, 9.17) is 4.74 Å². The summed E-state index contributed by atoms with van der Waals surface area (Å²) < 4.78 is 5.82. The Morgan fingerprint density at radius 2 is 1.08 bits per heavy atom. The molecule has 0 heterocycles. The van der Waals surface area contributed by atoms with Gasteiger partial charge in [-0.05, 0) is 67.3 Å². The fraction of sp³-hybridized carbons (Fsp3) is 0.171. The first-order chi connectivity index (χ1) is 18.8. The van der Waals surface area contributed by atoms with E-state index >= 15 is 0 Å². The maximum Gasteiger partial charge on any atom is 0.333 e. The normalized spacial score (nSPS) is 12.1. The predicted molar refractivity (Wildman–Crippen MR) is 162 cm³/mol. The molecule has 0 fully saturated rings. The molecule has 0 radical (unpaired) electrons. The van der Waals surface area contributed by atoms with Crippen LogP contribution in [0.15, 0.2) is 119 Å². The summed E-state index contributed by atoms with van der Waals surface area (Å²) in [7, 11) is 0. The third-order valence-electron chi connectivity index (χ3n) is 6.30. The van der Waals surface area contributed by atoms with Crippen molar-refractivity contribution in [3.8, 4) is 0 Å². The summed E-state index contributed by atoms with van der Waals surface area (Å²) in [6.07, 6.45) is 4.61. The number of benzene rings is 4. The number of aliphatic imine (C=N–C) groups is 2. The van der Waals surface area contributed by atoms with Crippen molar-refractivity contribution in [3.05, 3.63) is 143 Å². The van der Waals surface area contributed by atoms with Crippen LogP contribution in [0.25, 0.3) is 0 Å². The highest BCUT2D eigenvalue weighted by atomic mass is 16.5. The van der Waals surface area contributed by atoms with E-state index in [1.165, 1.54) is 11.1 Å². The Balaban J connectivity index is 1.41. The molecule has 39 heavy (non-hydrogen) atoms. The van der Waals surface area contributed by atoms with Gasteiger partial charge in [0.1, 0.15) is 6.10 Å². The Bertz CT molecular complexity index is 1350. The molecule has 4 aromatic carbocycles. The second-order valence-electron chi connectivity index (χ2n) is 9.89. The lowest BCUT2D eigenvalue weighted by Gasteiger charge is -2.19. The topological polar surface area (TPSA) is 51.0 Å². The lowest BCUT2D eigenvalue weighted by molar-refractivity contribution is -0.144. The number of carbonyl (C=O) groups is 1. The van der Waals surface area contributed by atoms with E-state index < -0.39 is 0 Å². The van der Waals surface area contributed by atoms with Gasteiger partial charge in [0, 0.05) is 30.8 Å². The maximum atomic E-state index is 12.4. The number of ether oxygens (including phenoxy) is 1. The van der Waals surface area contributed by atoms with Crippen molar-refractivity contribution in [3.63, 3.8) is 0 Å². The number of hydrogen-bond acceptors (Lipinski definition) is 4. The smallest absolute Gasteiger partial charge is 0.333 e. The molecule has 0 aliphatic carbocycles. The second kappa shape index (κ2) is 13.3. The highest BCUT2D eigenvalue weighted by molar-refractivity contribution is 5.87. The lowest BCUT2D eigenvalue weighted by atomic mass is 9.99. The second-order valence-corrected chi connectivity index (χ2v) is 9.89. The van der Waals surface area contributed by atoms with Gasteiger partial charge in [-0.15, -0.1) is 0 Å². The third kappa shape index (κ3) is 8.75. The van der Waals surface area contributed by atoms with Gasteiger partial charge in [-0.25, -0.2) is 4.79 Å². The molecule has 4 heteroatoms. The highest BCUT2D eigenvalue weighted by Crippen LogP contribution is 2.17. The first-order valence-electron chi connectivity index (χ1n) is 13.1. The highest BCUT2D eigenvalue weighted by Gasteiger charge is 2.17. The molecule has 0 N–H and O–H groups in total. The fourth-order valence-corrected chi connectivity index (χ4v) is 3.97. The molecule has 0 amide bonds. The Labute approximate surface area is 231 Å². The minimum atomic E-state index is -0.372. The van der Waals surface area contributed by atoms with E-state index in [-0.39, 0.29) is 12.1 Å². The van der Waals surface area contributed by atoms with Gasteiger partial charge in [0.15, 0.2) is 0 Å². The van der Waals surface area contributed by atoms with Gasteiger partial charge in [-0.2, -0.15) is 0 Å². The minimum Gasteiger partial charge on any atom is -0.458 e. The molecule has 0 bridgehead atoms. The molecule has 4 aromatic rings. The summed E-state index contributed by atoms with van der Waals surface area (Å²) >= 11 is 0. The van der Waals surface area contributed by atoms with E-state index in [1.54, 1.807) is 6.92 Å². The monoisotopic (exact) mass is 514 g/mol. The SMILES string of the molecule is C=C(C)C(=O)OC(Cc1ccc(C=Nc2ccc(C)cc2)cc1)Cc1ccc(C=Nc2ccc(C)cc2)cc1. The molecule has 0 saturated heterocycles. The summed E-state index contributed by atoms with van der Waals surface area (Å²) in [5.41, 5.74) is 8.85. The molecular formula is C35H34N2O2. The van der Waals surface area contributed by atoms with Crippen LogP contribution < -0.4 is 0 Å². The summed E-state index contributed by atoms with van der Waals surface area (Å²) in [6.45, 7) is 9.53. The number of nitrogens with zero attached hydrogens (tertiary/aromatic N) is 2. The van der Waals surface area contributed by atoms with Gasteiger partial charge >= 0.3 is 5.97 Å². The van der Waals surface area contributed by atoms with Crippen LogP contribution in [-0.4, -0.2) is 24.5 Å². The van der Waals surface area contributed by atoms with E-state index in [0.717, 1.165) is 33.6 Å². The van der Waals surface area contributed by atoms with Crippen LogP contribution in [0.1, 0.15) is 40.3 Å². The Morgan fingerprint density at radius 1 is 0.692 bits per heavy atom. The number of esters is 1. The Morgan fingerprint density at radius 3 is 1.44 bits per heavy atom. The summed E-state index contributed by atoms with van der Waals surface area (Å²) in [5.74, 6) is -0.372.